The molecule has 1 fully saturated rings. The molecule has 0 N–H and O–H groups in total. The van der Waals surface area contributed by atoms with E-state index in [0.29, 0.717) is 0 Å². The second-order valence-corrected chi connectivity index (χ2v) is 4.80. The number of ether oxygens (including phenoxy) is 1. The standard InChI is InChI=1S/C14H15NO3/c1-18-14(17)11-7-4-8-15-12(11)9-5-2-3-6-10(9)13(15)16/h2-3,5-6,11-12H,4,7-8H2,1H3. The van der Waals surface area contributed by atoms with Gasteiger partial charge in [-0.15, -0.1) is 0 Å². The van der Waals surface area contributed by atoms with E-state index < -0.39 is 0 Å². The third kappa shape index (κ3) is 1.45. The van der Waals surface area contributed by atoms with E-state index in [9.17, 15) is 9.59 Å². The molecule has 4 nitrogen and oxygen atoms in total. The number of fused-ring (bicyclic) bond motifs is 3. The number of carbonyl (C=O) groups is 2. The second kappa shape index (κ2) is 4.12. The number of amides is 1. The smallest absolute Gasteiger partial charge is 0.311 e. The Morgan fingerprint density at radius 2 is 2.17 bits per heavy atom. The summed E-state index contributed by atoms with van der Waals surface area (Å²) in [6, 6.07) is 7.43. The molecule has 2 atom stereocenters. The van der Waals surface area contributed by atoms with Crippen LogP contribution in [0, 0.1) is 5.92 Å². The van der Waals surface area contributed by atoms with Gasteiger partial charge in [-0.2, -0.15) is 0 Å². The summed E-state index contributed by atoms with van der Waals surface area (Å²) in [4.78, 5) is 25.9. The molecule has 2 heterocycles. The van der Waals surface area contributed by atoms with Gasteiger partial charge in [0.15, 0.2) is 0 Å². The summed E-state index contributed by atoms with van der Waals surface area (Å²) in [5.74, 6) is -0.394. The summed E-state index contributed by atoms with van der Waals surface area (Å²) >= 11 is 0. The van der Waals surface area contributed by atoms with Crippen molar-refractivity contribution < 1.29 is 14.3 Å². The Balaban J connectivity index is 2.06. The van der Waals surface area contributed by atoms with Crippen LogP contribution in [0.1, 0.15) is 34.8 Å². The monoisotopic (exact) mass is 245 g/mol. The molecule has 2 aliphatic heterocycles. The van der Waals surface area contributed by atoms with Crippen molar-refractivity contribution in [2.24, 2.45) is 5.92 Å². The lowest BCUT2D eigenvalue weighted by molar-refractivity contribution is -0.149. The van der Waals surface area contributed by atoms with Crippen molar-refractivity contribution in [3.63, 3.8) is 0 Å². The van der Waals surface area contributed by atoms with Crippen molar-refractivity contribution in [2.45, 2.75) is 18.9 Å². The van der Waals surface area contributed by atoms with Crippen molar-refractivity contribution in [2.75, 3.05) is 13.7 Å². The molecule has 0 aromatic heterocycles. The molecule has 1 amide bonds. The molecule has 2 unspecified atom stereocenters. The number of hydrogen-bond acceptors (Lipinski definition) is 3. The summed E-state index contributed by atoms with van der Waals surface area (Å²) in [6.45, 7) is 0.728. The normalized spacial score (nSPS) is 25.6. The van der Waals surface area contributed by atoms with Gasteiger partial charge in [0, 0.05) is 12.1 Å². The number of rotatable bonds is 1. The molecule has 0 bridgehead atoms. The molecular weight excluding hydrogens is 230 g/mol. The van der Waals surface area contributed by atoms with E-state index in [2.05, 4.69) is 0 Å². The highest BCUT2D eigenvalue weighted by molar-refractivity contribution is 6.00. The number of carbonyl (C=O) groups excluding carboxylic acids is 2. The fourth-order valence-corrected chi connectivity index (χ4v) is 3.11. The number of methoxy groups -OCH3 is 1. The molecule has 2 aliphatic rings. The predicted molar refractivity (Wildman–Crippen MR) is 65.0 cm³/mol. The highest BCUT2D eigenvalue weighted by atomic mass is 16.5. The van der Waals surface area contributed by atoms with E-state index in [1.807, 2.05) is 29.2 Å². The zero-order chi connectivity index (χ0) is 12.7. The Bertz CT molecular complexity index is 512. The third-order valence-corrected chi connectivity index (χ3v) is 3.91. The van der Waals surface area contributed by atoms with Gasteiger partial charge in [0.25, 0.3) is 5.91 Å². The molecule has 3 rings (SSSR count). The van der Waals surface area contributed by atoms with Crippen LogP contribution in [0.5, 0.6) is 0 Å². The average Bonchev–Trinajstić information content (AvgIpc) is 2.72. The summed E-state index contributed by atoms with van der Waals surface area (Å²) in [5, 5.41) is 0. The van der Waals surface area contributed by atoms with Crippen molar-refractivity contribution in [1.82, 2.24) is 4.90 Å². The molecule has 94 valence electrons. The van der Waals surface area contributed by atoms with E-state index in [1.165, 1.54) is 7.11 Å². The highest BCUT2D eigenvalue weighted by Gasteiger charge is 2.46. The maximum Gasteiger partial charge on any atom is 0.311 e. The lowest BCUT2D eigenvalue weighted by atomic mass is 9.86. The molecule has 0 radical (unpaired) electrons. The van der Waals surface area contributed by atoms with Crippen LogP contribution in [-0.2, 0) is 9.53 Å². The first-order valence-corrected chi connectivity index (χ1v) is 6.21. The second-order valence-electron chi connectivity index (χ2n) is 4.80. The van der Waals surface area contributed by atoms with Gasteiger partial charge in [0.2, 0.25) is 0 Å². The number of nitrogens with zero attached hydrogens (tertiary/aromatic N) is 1. The summed E-state index contributed by atoms with van der Waals surface area (Å²) in [7, 11) is 1.41. The van der Waals surface area contributed by atoms with Gasteiger partial charge >= 0.3 is 5.97 Å². The fourth-order valence-electron chi connectivity index (χ4n) is 3.11. The van der Waals surface area contributed by atoms with Crippen LogP contribution in [0.4, 0.5) is 0 Å². The zero-order valence-electron chi connectivity index (χ0n) is 10.3. The average molecular weight is 245 g/mol. The Labute approximate surface area is 106 Å². The van der Waals surface area contributed by atoms with Crippen LogP contribution in [0.15, 0.2) is 24.3 Å². The van der Waals surface area contributed by atoms with Crippen LogP contribution in [0.3, 0.4) is 0 Å². The van der Waals surface area contributed by atoms with Gasteiger partial charge < -0.3 is 9.64 Å². The Morgan fingerprint density at radius 1 is 1.39 bits per heavy atom. The van der Waals surface area contributed by atoms with Gasteiger partial charge in [-0.3, -0.25) is 9.59 Å². The number of benzene rings is 1. The topological polar surface area (TPSA) is 46.6 Å². The Kier molecular flexibility index (Phi) is 2.58. The number of esters is 1. The SMILES string of the molecule is COC(=O)C1CCCN2C(=O)c3ccccc3C12. The van der Waals surface area contributed by atoms with Crippen molar-refractivity contribution >= 4 is 11.9 Å². The number of piperidine rings is 1. The van der Waals surface area contributed by atoms with E-state index >= 15 is 0 Å². The lowest BCUT2D eigenvalue weighted by Gasteiger charge is -2.35. The largest absolute Gasteiger partial charge is 0.469 e. The zero-order valence-corrected chi connectivity index (χ0v) is 10.3. The van der Waals surface area contributed by atoms with Gasteiger partial charge in [-0.05, 0) is 24.5 Å². The molecule has 18 heavy (non-hydrogen) atoms. The predicted octanol–water partition coefficient (Wildman–Crippen LogP) is 1.77. The third-order valence-electron chi connectivity index (χ3n) is 3.91. The van der Waals surface area contributed by atoms with Crippen LogP contribution in [-0.4, -0.2) is 30.4 Å². The molecule has 1 aromatic rings. The minimum Gasteiger partial charge on any atom is -0.469 e. The molecule has 0 spiro atoms. The maximum atomic E-state index is 12.3. The minimum atomic E-state index is -0.226. The Hall–Kier alpha value is -1.84. The summed E-state index contributed by atoms with van der Waals surface area (Å²) in [5.41, 5.74) is 1.70. The molecule has 0 aliphatic carbocycles. The van der Waals surface area contributed by atoms with E-state index in [4.69, 9.17) is 4.74 Å². The minimum absolute atomic E-state index is 0.0456. The van der Waals surface area contributed by atoms with Gasteiger partial charge in [-0.25, -0.2) is 0 Å². The molecule has 1 aromatic carbocycles. The van der Waals surface area contributed by atoms with E-state index in [1.54, 1.807) is 0 Å². The van der Waals surface area contributed by atoms with Gasteiger partial charge in [-0.1, -0.05) is 18.2 Å². The summed E-state index contributed by atoms with van der Waals surface area (Å²) in [6.07, 6.45) is 1.64. The van der Waals surface area contributed by atoms with E-state index in [-0.39, 0.29) is 23.8 Å². The molecular formula is C14H15NO3. The molecule has 0 saturated carbocycles. The highest BCUT2D eigenvalue weighted by Crippen LogP contribution is 2.43. The first kappa shape index (κ1) is 11.3. The quantitative estimate of drug-likeness (QED) is 0.708. The maximum absolute atomic E-state index is 12.3. The summed E-state index contributed by atoms with van der Waals surface area (Å²) < 4.78 is 4.87. The van der Waals surface area contributed by atoms with Crippen molar-refractivity contribution in [1.29, 1.82) is 0 Å². The van der Waals surface area contributed by atoms with Gasteiger partial charge in [0.1, 0.15) is 0 Å². The van der Waals surface area contributed by atoms with Crippen LogP contribution >= 0.6 is 0 Å². The van der Waals surface area contributed by atoms with Crippen molar-refractivity contribution in [3.8, 4) is 0 Å². The fraction of sp³-hybridized carbons (Fsp3) is 0.429. The van der Waals surface area contributed by atoms with E-state index in [0.717, 1.165) is 30.5 Å². The van der Waals surface area contributed by atoms with Crippen LogP contribution < -0.4 is 0 Å². The number of hydrogen-bond donors (Lipinski definition) is 0. The van der Waals surface area contributed by atoms with Crippen LogP contribution in [0.2, 0.25) is 0 Å². The molecule has 4 heteroatoms. The first-order chi connectivity index (χ1) is 8.74. The molecule has 1 saturated heterocycles. The van der Waals surface area contributed by atoms with Gasteiger partial charge in [0.05, 0.1) is 19.1 Å². The van der Waals surface area contributed by atoms with Crippen molar-refractivity contribution in [3.05, 3.63) is 35.4 Å². The lowest BCUT2D eigenvalue weighted by Crippen LogP contribution is -2.40. The first-order valence-electron chi connectivity index (χ1n) is 6.21. The Morgan fingerprint density at radius 3 is 2.94 bits per heavy atom. The van der Waals surface area contributed by atoms with Crippen LogP contribution in [0.25, 0.3) is 0 Å².